The molecule has 7 heteroatoms. The van der Waals surface area contributed by atoms with Crippen molar-refractivity contribution in [3.63, 3.8) is 0 Å². The molecule has 1 unspecified atom stereocenters. The Morgan fingerprint density at radius 3 is 2.38 bits per heavy atom. The number of carbonyl (C=O) groups is 2. The number of nitro groups is 1. The second-order valence-electron chi connectivity index (χ2n) is 8.01. The number of non-ortho nitro benzene ring substituents is 1. The predicted molar refractivity (Wildman–Crippen MR) is 107 cm³/mol. The minimum absolute atomic E-state index is 0.0288. The summed E-state index contributed by atoms with van der Waals surface area (Å²) in [4.78, 5) is 38.1. The molecule has 1 heterocycles. The average molecular weight is 394 g/mol. The fraction of sp³-hybridized carbons (Fsp3) is 0.273. The van der Waals surface area contributed by atoms with Gasteiger partial charge < -0.3 is 10.0 Å². The molecule has 2 aromatic carbocycles. The normalized spacial score (nSPS) is 17.0. The summed E-state index contributed by atoms with van der Waals surface area (Å²) in [5, 5.41) is 21.8. The van der Waals surface area contributed by atoms with Gasteiger partial charge in [0.2, 0.25) is 0 Å². The van der Waals surface area contributed by atoms with Gasteiger partial charge in [0.25, 0.3) is 11.6 Å². The van der Waals surface area contributed by atoms with Crippen LogP contribution < -0.4 is 0 Å². The summed E-state index contributed by atoms with van der Waals surface area (Å²) in [6.07, 6.45) is 0. The zero-order valence-electron chi connectivity index (χ0n) is 16.5. The fourth-order valence-electron chi connectivity index (χ4n) is 3.39. The quantitative estimate of drug-likeness (QED) is 0.608. The highest BCUT2D eigenvalue weighted by Gasteiger charge is 2.46. The van der Waals surface area contributed by atoms with E-state index in [-0.39, 0.29) is 23.6 Å². The molecule has 150 valence electrons. The molecule has 1 aliphatic rings. The third-order valence-electron chi connectivity index (χ3n) is 4.82. The minimum Gasteiger partial charge on any atom is -0.503 e. The van der Waals surface area contributed by atoms with Gasteiger partial charge in [0.15, 0.2) is 11.5 Å². The van der Waals surface area contributed by atoms with Gasteiger partial charge >= 0.3 is 0 Å². The number of rotatable bonds is 5. The van der Waals surface area contributed by atoms with Gasteiger partial charge in [0, 0.05) is 24.1 Å². The maximum absolute atomic E-state index is 13.1. The standard InChI is InChI=1S/C22H22N2O5/c1-22(2,3)20(26)17-18(15-10-7-11-16(12-15)24(28)29)23(21(27)19(17)25)13-14-8-5-4-6-9-14/h4-12,18,25H,13H2,1-3H3. The zero-order valence-corrected chi connectivity index (χ0v) is 16.5. The fourth-order valence-corrected chi connectivity index (χ4v) is 3.39. The Balaban J connectivity index is 2.14. The second kappa shape index (κ2) is 7.50. The molecule has 0 saturated heterocycles. The number of Topliss-reactive ketones (excluding diaryl/α,β-unsaturated/α-hetero) is 1. The van der Waals surface area contributed by atoms with Crippen molar-refractivity contribution in [1.29, 1.82) is 0 Å². The van der Waals surface area contributed by atoms with Crippen molar-refractivity contribution >= 4 is 17.4 Å². The highest BCUT2D eigenvalue weighted by Crippen LogP contribution is 2.42. The Bertz CT molecular complexity index is 1010. The van der Waals surface area contributed by atoms with Crippen LogP contribution in [0.2, 0.25) is 0 Å². The maximum atomic E-state index is 13.1. The molecule has 3 rings (SSSR count). The number of hydrogen-bond acceptors (Lipinski definition) is 5. The lowest BCUT2D eigenvalue weighted by Crippen LogP contribution is -2.32. The van der Waals surface area contributed by atoms with E-state index in [1.54, 1.807) is 26.8 Å². The number of aliphatic hydroxyl groups is 1. The number of ketones is 1. The molecule has 7 nitrogen and oxygen atoms in total. The molecule has 0 radical (unpaired) electrons. The summed E-state index contributed by atoms with van der Waals surface area (Å²) in [5.41, 5.74) is 0.196. The summed E-state index contributed by atoms with van der Waals surface area (Å²) < 4.78 is 0. The monoisotopic (exact) mass is 394 g/mol. The van der Waals surface area contributed by atoms with Gasteiger partial charge in [-0.15, -0.1) is 0 Å². The van der Waals surface area contributed by atoms with Crippen LogP contribution in [0.4, 0.5) is 5.69 Å². The van der Waals surface area contributed by atoms with Crippen LogP contribution >= 0.6 is 0 Å². The van der Waals surface area contributed by atoms with Gasteiger partial charge in [-0.3, -0.25) is 19.7 Å². The SMILES string of the molecule is CC(C)(C)C(=O)C1=C(O)C(=O)N(Cc2ccccc2)C1c1cccc([N+](=O)[O-])c1. The summed E-state index contributed by atoms with van der Waals surface area (Å²) in [5.74, 6) is -1.65. The first-order valence-corrected chi connectivity index (χ1v) is 9.18. The van der Waals surface area contributed by atoms with Gasteiger partial charge in [-0.25, -0.2) is 0 Å². The van der Waals surface area contributed by atoms with Gasteiger partial charge in [-0.05, 0) is 11.1 Å². The first kappa shape index (κ1) is 20.3. The Morgan fingerprint density at radius 1 is 1.14 bits per heavy atom. The van der Waals surface area contributed by atoms with E-state index in [9.17, 15) is 24.8 Å². The minimum atomic E-state index is -0.908. The summed E-state index contributed by atoms with van der Waals surface area (Å²) >= 11 is 0. The Hall–Kier alpha value is -3.48. The molecule has 0 spiro atoms. The first-order chi connectivity index (χ1) is 13.6. The lowest BCUT2D eigenvalue weighted by Gasteiger charge is -2.29. The van der Waals surface area contributed by atoms with E-state index in [0.29, 0.717) is 5.56 Å². The zero-order chi connectivity index (χ0) is 21.3. The van der Waals surface area contributed by atoms with E-state index in [4.69, 9.17) is 0 Å². The molecular weight excluding hydrogens is 372 g/mol. The third kappa shape index (κ3) is 3.89. The van der Waals surface area contributed by atoms with Crippen LogP contribution in [0.3, 0.4) is 0 Å². The van der Waals surface area contributed by atoms with Crippen molar-refractivity contribution in [3.8, 4) is 0 Å². The van der Waals surface area contributed by atoms with Gasteiger partial charge in [0.05, 0.1) is 16.5 Å². The maximum Gasteiger partial charge on any atom is 0.290 e. The van der Waals surface area contributed by atoms with E-state index in [0.717, 1.165) is 5.56 Å². The van der Waals surface area contributed by atoms with E-state index in [1.165, 1.54) is 23.1 Å². The van der Waals surface area contributed by atoms with Gasteiger partial charge in [-0.1, -0.05) is 63.2 Å². The van der Waals surface area contributed by atoms with Crippen molar-refractivity contribution in [1.82, 2.24) is 4.90 Å². The molecular formula is C22H22N2O5. The van der Waals surface area contributed by atoms with Crippen LogP contribution in [0.5, 0.6) is 0 Å². The molecule has 0 aromatic heterocycles. The molecule has 0 aliphatic carbocycles. The van der Waals surface area contributed by atoms with Gasteiger partial charge in [0.1, 0.15) is 0 Å². The summed E-state index contributed by atoms with van der Waals surface area (Å²) in [6, 6.07) is 14.1. The van der Waals surface area contributed by atoms with Gasteiger partial charge in [-0.2, -0.15) is 0 Å². The number of nitrogens with zero attached hydrogens (tertiary/aromatic N) is 2. The largest absolute Gasteiger partial charge is 0.503 e. The highest BCUT2D eigenvalue weighted by atomic mass is 16.6. The number of aliphatic hydroxyl groups excluding tert-OH is 1. The molecule has 29 heavy (non-hydrogen) atoms. The third-order valence-corrected chi connectivity index (χ3v) is 4.82. The van der Waals surface area contributed by atoms with Crippen LogP contribution in [0.1, 0.15) is 37.9 Å². The Morgan fingerprint density at radius 2 is 1.79 bits per heavy atom. The first-order valence-electron chi connectivity index (χ1n) is 9.18. The van der Waals surface area contributed by atoms with Crippen LogP contribution in [0, 0.1) is 15.5 Å². The van der Waals surface area contributed by atoms with Crippen molar-refractivity contribution in [2.75, 3.05) is 0 Å². The van der Waals surface area contributed by atoms with E-state index in [1.807, 2.05) is 30.3 Å². The average Bonchev–Trinajstić information content (AvgIpc) is 2.92. The molecule has 1 N–H and O–H groups in total. The molecule has 1 aliphatic heterocycles. The second-order valence-corrected chi connectivity index (χ2v) is 8.01. The number of nitro benzene ring substituents is 1. The van der Waals surface area contributed by atoms with Crippen molar-refractivity contribution in [2.24, 2.45) is 5.41 Å². The molecule has 0 saturated carbocycles. The summed E-state index contributed by atoms with van der Waals surface area (Å²) in [6.45, 7) is 5.25. The smallest absolute Gasteiger partial charge is 0.290 e. The number of benzene rings is 2. The van der Waals surface area contributed by atoms with E-state index >= 15 is 0 Å². The highest BCUT2D eigenvalue weighted by molar-refractivity contribution is 6.10. The number of carbonyl (C=O) groups excluding carboxylic acids is 2. The van der Waals surface area contributed by atoms with Crippen molar-refractivity contribution < 1.29 is 19.6 Å². The van der Waals surface area contributed by atoms with Crippen LogP contribution in [-0.2, 0) is 16.1 Å². The van der Waals surface area contributed by atoms with E-state index in [2.05, 4.69) is 0 Å². The Kier molecular flexibility index (Phi) is 5.24. The lowest BCUT2D eigenvalue weighted by atomic mass is 9.82. The van der Waals surface area contributed by atoms with Crippen LogP contribution in [-0.4, -0.2) is 26.6 Å². The number of amides is 1. The van der Waals surface area contributed by atoms with E-state index < -0.39 is 28.0 Å². The summed E-state index contributed by atoms with van der Waals surface area (Å²) in [7, 11) is 0. The van der Waals surface area contributed by atoms with Crippen molar-refractivity contribution in [2.45, 2.75) is 33.4 Å². The molecule has 0 bridgehead atoms. The van der Waals surface area contributed by atoms with Crippen LogP contribution in [0.25, 0.3) is 0 Å². The lowest BCUT2D eigenvalue weighted by molar-refractivity contribution is -0.384. The molecule has 1 amide bonds. The van der Waals surface area contributed by atoms with Crippen LogP contribution in [0.15, 0.2) is 65.9 Å². The topological polar surface area (TPSA) is 101 Å². The molecule has 2 aromatic rings. The Labute approximate surface area is 168 Å². The number of hydrogen-bond donors (Lipinski definition) is 1. The van der Waals surface area contributed by atoms with Crippen molar-refractivity contribution in [3.05, 3.63) is 87.2 Å². The predicted octanol–water partition coefficient (Wildman–Crippen LogP) is 4.11. The molecule has 1 atom stereocenters. The molecule has 0 fully saturated rings.